The van der Waals surface area contributed by atoms with Crippen molar-refractivity contribution in [3.05, 3.63) is 0 Å². The fraction of sp³-hybridized carbons (Fsp3) is 1.00. The predicted octanol–water partition coefficient (Wildman–Crippen LogP) is -0.0366. The van der Waals surface area contributed by atoms with E-state index in [1.807, 2.05) is 6.92 Å². The SMILES string of the molecule is CC1(COCO)COCOC1. The fourth-order valence-corrected chi connectivity index (χ4v) is 1.05. The molecular weight excluding hydrogens is 148 g/mol. The summed E-state index contributed by atoms with van der Waals surface area (Å²) in [5.41, 5.74) is -0.0962. The Balaban J connectivity index is 2.25. The van der Waals surface area contributed by atoms with Gasteiger partial charge in [-0.15, -0.1) is 0 Å². The first-order valence-electron chi connectivity index (χ1n) is 3.61. The molecule has 1 heterocycles. The van der Waals surface area contributed by atoms with Crippen molar-refractivity contribution >= 4 is 0 Å². The molecule has 1 N–H and O–H groups in total. The second kappa shape index (κ2) is 4.01. The van der Waals surface area contributed by atoms with Gasteiger partial charge in [0.25, 0.3) is 0 Å². The summed E-state index contributed by atoms with van der Waals surface area (Å²) in [4.78, 5) is 0. The van der Waals surface area contributed by atoms with Crippen LogP contribution in [0.5, 0.6) is 0 Å². The van der Waals surface area contributed by atoms with Crippen LogP contribution >= 0.6 is 0 Å². The lowest BCUT2D eigenvalue weighted by Gasteiger charge is -2.32. The normalized spacial score (nSPS) is 23.5. The molecule has 0 amide bonds. The van der Waals surface area contributed by atoms with Gasteiger partial charge in [-0.1, -0.05) is 6.92 Å². The first-order valence-corrected chi connectivity index (χ1v) is 3.61. The summed E-state index contributed by atoms with van der Waals surface area (Å²) in [6.07, 6.45) is 0. The molecule has 0 aromatic heterocycles. The highest BCUT2D eigenvalue weighted by Crippen LogP contribution is 2.21. The number of ether oxygens (including phenoxy) is 3. The van der Waals surface area contributed by atoms with Crippen molar-refractivity contribution in [2.75, 3.05) is 33.4 Å². The zero-order chi connectivity index (χ0) is 8.16. The Morgan fingerprint density at radius 2 is 2.09 bits per heavy atom. The first-order chi connectivity index (χ1) is 5.27. The lowest BCUT2D eigenvalue weighted by molar-refractivity contribution is -0.182. The van der Waals surface area contributed by atoms with Gasteiger partial charge in [-0.25, -0.2) is 0 Å². The molecule has 1 aliphatic heterocycles. The maximum absolute atomic E-state index is 8.41. The summed E-state index contributed by atoms with van der Waals surface area (Å²) in [6.45, 7) is 3.87. The Morgan fingerprint density at radius 3 is 2.64 bits per heavy atom. The highest BCUT2D eigenvalue weighted by atomic mass is 16.7. The smallest absolute Gasteiger partial charge is 0.146 e. The van der Waals surface area contributed by atoms with Crippen LogP contribution in [-0.4, -0.2) is 38.5 Å². The van der Waals surface area contributed by atoms with E-state index in [2.05, 4.69) is 0 Å². The molecule has 0 radical (unpaired) electrons. The number of aliphatic hydroxyl groups is 1. The van der Waals surface area contributed by atoms with Gasteiger partial charge in [-0.2, -0.15) is 0 Å². The lowest BCUT2D eigenvalue weighted by atomic mass is 9.94. The second-order valence-electron chi connectivity index (χ2n) is 3.10. The molecule has 1 aliphatic rings. The predicted molar refractivity (Wildman–Crippen MR) is 37.9 cm³/mol. The van der Waals surface area contributed by atoms with Crippen LogP contribution in [0.2, 0.25) is 0 Å². The average Bonchev–Trinajstić information content (AvgIpc) is 2.03. The molecule has 11 heavy (non-hydrogen) atoms. The zero-order valence-electron chi connectivity index (χ0n) is 6.71. The van der Waals surface area contributed by atoms with Crippen molar-refractivity contribution in [2.24, 2.45) is 5.41 Å². The van der Waals surface area contributed by atoms with Crippen LogP contribution in [0.25, 0.3) is 0 Å². The van der Waals surface area contributed by atoms with E-state index in [9.17, 15) is 0 Å². The first kappa shape index (κ1) is 8.93. The standard InChI is InChI=1S/C7H14O4/c1-7(2-9-5-8)3-10-6-11-4-7/h8H,2-6H2,1H3. The van der Waals surface area contributed by atoms with Gasteiger partial charge in [-0.05, 0) is 0 Å². The highest BCUT2D eigenvalue weighted by molar-refractivity contribution is 4.74. The molecule has 0 saturated carbocycles. The van der Waals surface area contributed by atoms with Crippen molar-refractivity contribution in [1.29, 1.82) is 0 Å². The molecular formula is C7H14O4. The van der Waals surface area contributed by atoms with Gasteiger partial charge in [0.05, 0.1) is 19.8 Å². The number of hydrogen-bond acceptors (Lipinski definition) is 4. The molecule has 66 valence electrons. The van der Waals surface area contributed by atoms with Crippen LogP contribution in [0.15, 0.2) is 0 Å². The third kappa shape index (κ3) is 2.75. The van der Waals surface area contributed by atoms with E-state index in [1.165, 1.54) is 0 Å². The molecule has 0 bridgehead atoms. The van der Waals surface area contributed by atoms with Gasteiger partial charge in [0.2, 0.25) is 0 Å². The molecule has 4 nitrogen and oxygen atoms in total. The minimum Gasteiger partial charge on any atom is -0.371 e. The molecule has 1 rings (SSSR count). The third-order valence-electron chi connectivity index (χ3n) is 1.61. The molecule has 0 spiro atoms. The Labute approximate surface area is 66.1 Å². The van der Waals surface area contributed by atoms with Crippen molar-refractivity contribution < 1.29 is 19.3 Å². The van der Waals surface area contributed by atoms with Gasteiger partial charge < -0.3 is 19.3 Å². The van der Waals surface area contributed by atoms with Crippen molar-refractivity contribution in [3.8, 4) is 0 Å². The highest BCUT2D eigenvalue weighted by Gasteiger charge is 2.28. The van der Waals surface area contributed by atoms with Crippen molar-refractivity contribution in [2.45, 2.75) is 6.92 Å². The Bertz CT molecular complexity index is 109. The Morgan fingerprint density at radius 1 is 1.45 bits per heavy atom. The van der Waals surface area contributed by atoms with E-state index in [4.69, 9.17) is 19.3 Å². The van der Waals surface area contributed by atoms with Gasteiger partial charge in [0.15, 0.2) is 0 Å². The minimum absolute atomic E-state index is 0.0962. The molecule has 0 aromatic carbocycles. The van der Waals surface area contributed by atoms with Crippen LogP contribution in [0, 0.1) is 5.41 Å². The monoisotopic (exact) mass is 162 g/mol. The van der Waals surface area contributed by atoms with Crippen LogP contribution in [0.3, 0.4) is 0 Å². The number of hydrogen-bond donors (Lipinski definition) is 1. The van der Waals surface area contributed by atoms with E-state index >= 15 is 0 Å². The molecule has 0 atom stereocenters. The van der Waals surface area contributed by atoms with Gasteiger partial charge in [-0.3, -0.25) is 0 Å². The number of rotatable bonds is 3. The maximum Gasteiger partial charge on any atom is 0.146 e. The molecule has 0 unspecified atom stereocenters. The van der Waals surface area contributed by atoms with Crippen LogP contribution in [0.1, 0.15) is 6.92 Å². The molecule has 4 heteroatoms. The lowest BCUT2D eigenvalue weighted by Crippen LogP contribution is -2.38. The van der Waals surface area contributed by atoms with E-state index in [1.54, 1.807) is 0 Å². The Hall–Kier alpha value is -0.160. The second-order valence-corrected chi connectivity index (χ2v) is 3.10. The fourth-order valence-electron chi connectivity index (χ4n) is 1.05. The van der Waals surface area contributed by atoms with Gasteiger partial charge in [0.1, 0.15) is 13.6 Å². The zero-order valence-corrected chi connectivity index (χ0v) is 6.71. The average molecular weight is 162 g/mol. The minimum atomic E-state index is -0.240. The van der Waals surface area contributed by atoms with Crippen molar-refractivity contribution in [1.82, 2.24) is 0 Å². The van der Waals surface area contributed by atoms with Gasteiger partial charge in [0, 0.05) is 5.41 Å². The van der Waals surface area contributed by atoms with E-state index < -0.39 is 0 Å². The molecule has 1 fully saturated rings. The van der Waals surface area contributed by atoms with E-state index in [-0.39, 0.29) is 12.2 Å². The van der Waals surface area contributed by atoms with E-state index in [0.717, 1.165) is 0 Å². The summed E-state index contributed by atoms with van der Waals surface area (Å²) in [5.74, 6) is 0. The van der Waals surface area contributed by atoms with Crippen LogP contribution in [-0.2, 0) is 14.2 Å². The van der Waals surface area contributed by atoms with Crippen LogP contribution in [0.4, 0.5) is 0 Å². The summed E-state index contributed by atoms with van der Waals surface area (Å²) < 4.78 is 15.1. The van der Waals surface area contributed by atoms with Crippen molar-refractivity contribution in [3.63, 3.8) is 0 Å². The largest absolute Gasteiger partial charge is 0.371 e. The molecule has 0 aliphatic carbocycles. The molecule has 1 saturated heterocycles. The number of aliphatic hydroxyl groups excluding tert-OH is 1. The summed E-state index contributed by atoms with van der Waals surface area (Å²) in [7, 11) is 0. The summed E-state index contributed by atoms with van der Waals surface area (Å²) in [5, 5.41) is 8.41. The van der Waals surface area contributed by atoms with Crippen LogP contribution < -0.4 is 0 Å². The van der Waals surface area contributed by atoms with E-state index in [0.29, 0.717) is 26.6 Å². The summed E-state index contributed by atoms with van der Waals surface area (Å²) >= 11 is 0. The van der Waals surface area contributed by atoms with Gasteiger partial charge >= 0.3 is 0 Å². The summed E-state index contributed by atoms with van der Waals surface area (Å²) in [6, 6.07) is 0. The maximum atomic E-state index is 8.41. The quantitative estimate of drug-likeness (QED) is 0.592. The molecule has 0 aromatic rings. The third-order valence-corrected chi connectivity index (χ3v) is 1.61. The topological polar surface area (TPSA) is 47.9 Å². The Kier molecular flexibility index (Phi) is 3.26.